The van der Waals surface area contributed by atoms with E-state index in [0.29, 0.717) is 17.1 Å². The molecule has 0 aliphatic rings. The zero-order valence-corrected chi connectivity index (χ0v) is 21.1. The van der Waals surface area contributed by atoms with Crippen molar-refractivity contribution in [2.75, 3.05) is 23.3 Å². The average Bonchev–Trinajstić information content (AvgIpc) is 2.79. The number of methoxy groups -OCH3 is 1. The van der Waals surface area contributed by atoms with E-state index in [-0.39, 0.29) is 22.0 Å². The fraction of sp³-hybridized carbons (Fsp3) is 0.192. The molecule has 0 fully saturated rings. The van der Waals surface area contributed by atoms with Crippen LogP contribution < -0.4 is 14.4 Å². The van der Waals surface area contributed by atoms with Crippen LogP contribution in [0.1, 0.15) is 27.0 Å². The fourth-order valence-corrected chi connectivity index (χ4v) is 5.48. The number of aryl methyl sites for hydroxylation is 3. The molecule has 0 atom stereocenters. The second-order valence-electron chi connectivity index (χ2n) is 7.87. The van der Waals surface area contributed by atoms with E-state index in [1.54, 1.807) is 24.3 Å². The van der Waals surface area contributed by atoms with E-state index < -0.39 is 15.9 Å². The van der Waals surface area contributed by atoms with E-state index in [9.17, 15) is 13.2 Å². The Hall–Kier alpha value is -3.29. The molecular formula is C26H27ClN2O4S. The summed E-state index contributed by atoms with van der Waals surface area (Å²) in [6.07, 6.45) is 1.48. The van der Waals surface area contributed by atoms with Crippen molar-refractivity contribution < 1.29 is 17.9 Å². The van der Waals surface area contributed by atoms with Crippen molar-refractivity contribution in [1.82, 2.24) is 0 Å². The molecule has 0 unspecified atom stereocenters. The largest absolute Gasteiger partial charge is 0.495 e. The molecular weight excluding hydrogens is 472 g/mol. The Morgan fingerprint density at radius 1 is 1.09 bits per heavy atom. The summed E-state index contributed by atoms with van der Waals surface area (Å²) in [6, 6.07) is 14.8. The van der Waals surface area contributed by atoms with Gasteiger partial charge < -0.3 is 10.1 Å². The van der Waals surface area contributed by atoms with Gasteiger partial charge in [0.15, 0.2) is 0 Å². The lowest BCUT2D eigenvalue weighted by Gasteiger charge is -2.25. The van der Waals surface area contributed by atoms with Crippen LogP contribution in [0.15, 0.2) is 72.1 Å². The first-order valence-electron chi connectivity index (χ1n) is 10.6. The summed E-state index contributed by atoms with van der Waals surface area (Å²) in [4.78, 5) is 13.1. The zero-order chi connectivity index (χ0) is 25.0. The number of ether oxygens (including phenoxy) is 1. The molecule has 3 aromatic carbocycles. The second-order valence-corrected chi connectivity index (χ2v) is 10.1. The molecule has 1 N–H and O–H groups in total. The summed E-state index contributed by atoms with van der Waals surface area (Å²) in [5, 5.41) is 3.02. The number of nitrogens with one attached hydrogen (secondary N) is 1. The van der Waals surface area contributed by atoms with Gasteiger partial charge in [-0.05, 0) is 62.2 Å². The van der Waals surface area contributed by atoms with Crippen molar-refractivity contribution >= 4 is 38.9 Å². The Morgan fingerprint density at radius 2 is 1.74 bits per heavy atom. The molecule has 0 saturated carbocycles. The predicted octanol–water partition coefficient (Wildman–Crippen LogP) is 5.91. The quantitative estimate of drug-likeness (QED) is 0.392. The topological polar surface area (TPSA) is 75.7 Å². The molecule has 3 aromatic rings. The summed E-state index contributed by atoms with van der Waals surface area (Å²) < 4.78 is 33.8. The van der Waals surface area contributed by atoms with Crippen molar-refractivity contribution in [1.29, 1.82) is 0 Å². The number of anilines is 2. The highest BCUT2D eigenvalue weighted by Crippen LogP contribution is 2.33. The highest BCUT2D eigenvalue weighted by molar-refractivity contribution is 7.92. The third-order valence-electron chi connectivity index (χ3n) is 5.33. The smallest absolute Gasteiger partial charge is 0.264 e. The highest BCUT2D eigenvalue weighted by atomic mass is 35.5. The van der Waals surface area contributed by atoms with E-state index in [0.717, 1.165) is 16.7 Å². The Kier molecular flexibility index (Phi) is 7.69. The van der Waals surface area contributed by atoms with Crippen molar-refractivity contribution in [2.45, 2.75) is 25.7 Å². The molecule has 6 nitrogen and oxygen atoms in total. The van der Waals surface area contributed by atoms with Gasteiger partial charge in [-0.2, -0.15) is 0 Å². The second kappa shape index (κ2) is 10.3. The number of hydrogen-bond acceptors (Lipinski definition) is 4. The minimum absolute atomic E-state index is 0.00855. The van der Waals surface area contributed by atoms with Crippen LogP contribution >= 0.6 is 11.6 Å². The first kappa shape index (κ1) is 25.3. The average molecular weight is 499 g/mol. The van der Waals surface area contributed by atoms with Crippen molar-refractivity contribution in [3.05, 3.63) is 94.5 Å². The minimum Gasteiger partial charge on any atom is -0.495 e. The summed E-state index contributed by atoms with van der Waals surface area (Å²) in [7, 11) is -2.60. The van der Waals surface area contributed by atoms with E-state index in [1.807, 2.05) is 32.9 Å². The van der Waals surface area contributed by atoms with Gasteiger partial charge in [-0.15, -0.1) is 6.58 Å². The first-order valence-corrected chi connectivity index (χ1v) is 12.4. The Bertz CT molecular complexity index is 1330. The molecule has 0 saturated heterocycles. The Labute approximate surface area is 205 Å². The van der Waals surface area contributed by atoms with Crippen LogP contribution in [0, 0.1) is 20.8 Å². The molecule has 0 aliphatic carbocycles. The van der Waals surface area contributed by atoms with Crippen molar-refractivity contribution in [3.8, 4) is 5.75 Å². The summed E-state index contributed by atoms with van der Waals surface area (Å²) >= 11 is 6.31. The normalized spacial score (nSPS) is 11.1. The minimum atomic E-state index is -4.07. The van der Waals surface area contributed by atoms with Gasteiger partial charge >= 0.3 is 0 Å². The number of nitrogens with zero attached hydrogens (tertiary/aromatic N) is 1. The van der Waals surface area contributed by atoms with E-state index >= 15 is 0 Å². The van der Waals surface area contributed by atoms with Gasteiger partial charge in [0, 0.05) is 5.69 Å². The molecule has 1 amide bonds. The third-order valence-corrected chi connectivity index (χ3v) is 7.44. The first-order chi connectivity index (χ1) is 16.1. The fourth-order valence-electron chi connectivity index (χ4n) is 3.80. The van der Waals surface area contributed by atoms with Crippen molar-refractivity contribution in [2.24, 2.45) is 0 Å². The molecule has 0 aromatic heterocycles. The van der Waals surface area contributed by atoms with Gasteiger partial charge in [0.05, 0.1) is 34.8 Å². The van der Waals surface area contributed by atoms with Gasteiger partial charge in [0.1, 0.15) is 5.75 Å². The maximum absolute atomic E-state index is 13.6. The zero-order valence-electron chi connectivity index (χ0n) is 19.6. The highest BCUT2D eigenvalue weighted by Gasteiger charge is 2.28. The number of para-hydroxylation sites is 2. The van der Waals surface area contributed by atoms with Crippen LogP contribution in [0.2, 0.25) is 5.02 Å². The number of hydrogen-bond donors (Lipinski definition) is 1. The molecule has 0 radical (unpaired) electrons. The summed E-state index contributed by atoms with van der Waals surface area (Å²) in [5.41, 5.74) is 3.97. The van der Waals surface area contributed by atoms with Crippen LogP contribution in [-0.2, 0) is 10.0 Å². The molecule has 0 heterocycles. The summed E-state index contributed by atoms with van der Waals surface area (Å²) in [5.74, 6) is -0.102. The van der Waals surface area contributed by atoms with E-state index in [2.05, 4.69) is 11.9 Å². The lowest BCUT2D eigenvalue weighted by molar-refractivity contribution is 0.102. The van der Waals surface area contributed by atoms with Crippen LogP contribution in [0.3, 0.4) is 0 Å². The Balaban J connectivity index is 2.04. The molecule has 3 rings (SSSR count). The van der Waals surface area contributed by atoms with Crippen LogP contribution in [0.4, 0.5) is 11.4 Å². The predicted molar refractivity (Wildman–Crippen MR) is 138 cm³/mol. The number of amides is 1. The van der Waals surface area contributed by atoms with Gasteiger partial charge in [-0.1, -0.05) is 47.5 Å². The lowest BCUT2D eigenvalue weighted by atomic mass is 10.0. The summed E-state index contributed by atoms with van der Waals surface area (Å²) in [6.45, 7) is 9.48. The molecule has 0 aliphatic heterocycles. The molecule has 0 bridgehead atoms. The number of halogens is 1. The number of carbonyl (C=O) groups excluding carboxylic acids is 1. The Morgan fingerprint density at radius 3 is 2.35 bits per heavy atom. The van der Waals surface area contributed by atoms with Gasteiger partial charge in [-0.3, -0.25) is 9.10 Å². The maximum atomic E-state index is 13.6. The standard InChI is InChI=1S/C26H27ClN2O4S/c1-6-13-29(23-9-7-8-10-24(23)33-5)34(31,32)20-11-12-22(27)21(16-20)26(30)28-25-18(3)14-17(2)15-19(25)4/h6-12,14-16H,1,13H2,2-5H3,(H,28,30). The van der Waals surface area contributed by atoms with Crippen LogP contribution in [-0.4, -0.2) is 28.0 Å². The van der Waals surface area contributed by atoms with Crippen molar-refractivity contribution in [3.63, 3.8) is 0 Å². The number of benzene rings is 3. The van der Waals surface area contributed by atoms with Crippen LogP contribution in [0.5, 0.6) is 5.75 Å². The van der Waals surface area contributed by atoms with Crippen LogP contribution in [0.25, 0.3) is 0 Å². The van der Waals surface area contributed by atoms with E-state index in [4.69, 9.17) is 16.3 Å². The van der Waals surface area contributed by atoms with Gasteiger partial charge in [0.25, 0.3) is 15.9 Å². The maximum Gasteiger partial charge on any atom is 0.264 e. The lowest BCUT2D eigenvalue weighted by Crippen LogP contribution is -2.31. The third kappa shape index (κ3) is 5.11. The number of sulfonamides is 1. The SMILES string of the molecule is C=CCN(c1ccccc1OC)S(=O)(=O)c1ccc(Cl)c(C(=O)Nc2c(C)cc(C)cc2C)c1. The van der Waals surface area contributed by atoms with Gasteiger partial charge in [0.2, 0.25) is 0 Å². The number of carbonyl (C=O) groups is 1. The molecule has 34 heavy (non-hydrogen) atoms. The molecule has 178 valence electrons. The van der Waals surface area contributed by atoms with Gasteiger partial charge in [-0.25, -0.2) is 8.42 Å². The number of rotatable bonds is 8. The monoisotopic (exact) mass is 498 g/mol. The molecule has 0 spiro atoms. The van der Waals surface area contributed by atoms with E-state index in [1.165, 1.54) is 35.7 Å². The molecule has 8 heteroatoms.